The molecule has 0 amide bonds. The smallest absolute Gasteiger partial charge is 0.0500 e. The fourth-order valence-corrected chi connectivity index (χ4v) is 6.31. The summed E-state index contributed by atoms with van der Waals surface area (Å²) >= 11 is 0. The van der Waals surface area contributed by atoms with E-state index >= 15 is 0 Å². The average Bonchev–Trinajstić information content (AvgIpc) is 3.51. The van der Waals surface area contributed by atoms with E-state index in [9.17, 15) is 0 Å². The minimum absolute atomic E-state index is 1.23. The Morgan fingerprint density at radius 1 is 0.263 bits per heavy atom. The Hall–Kier alpha value is -4.94. The molecule has 2 aliphatic carbocycles. The summed E-state index contributed by atoms with van der Waals surface area (Å²) in [5, 5.41) is 0. The van der Waals surface area contributed by atoms with E-state index in [-0.39, 0.29) is 0 Å². The summed E-state index contributed by atoms with van der Waals surface area (Å²) in [7, 11) is 0. The fraction of sp³-hybridized carbons (Fsp3) is 0. The molecule has 0 saturated heterocycles. The van der Waals surface area contributed by atoms with Crippen molar-refractivity contribution < 1.29 is 0 Å². The van der Waals surface area contributed by atoms with E-state index in [0.717, 1.165) is 0 Å². The molecule has 0 heterocycles. The Labute approximate surface area is 223 Å². The monoisotopic (exact) mass is 480 g/mol. The lowest BCUT2D eigenvalue weighted by Gasteiger charge is -2.11. The lowest BCUT2D eigenvalue weighted by molar-refractivity contribution is 1.28. The number of hydrogen-bond acceptors (Lipinski definition) is 0. The van der Waals surface area contributed by atoms with Gasteiger partial charge in [0.05, 0.1) is 67.5 Å². The summed E-state index contributed by atoms with van der Waals surface area (Å²) in [5.41, 5.74) is 15.6. The first kappa shape index (κ1) is 21.2. The van der Waals surface area contributed by atoms with Gasteiger partial charge in [-0.15, -0.1) is 0 Å². The molecular formula is C38H24+2. The molecule has 0 bridgehead atoms. The number of benzene rings is 6. The van der Waals surface area contributed by atoms with Crippen LogP contribution >= 0.6 is 0 Å². The predicted octanol–water partition coefficient (Wildman–Crippen LogP) is 9.35. The van der Waals surface area contributed by atoms with Crippen LogP contribution in [0.5, 0.6) is 0 Å². The van der Waals surface area contributed by atoms with E-state index < -0.39 is 0 Å². The SMILES string of the molecule is c1ccc2c(c1)-c1ccccc1[C+]2c1ccc(-c2ccc([C+]3c4ccccc4-c4ccccc43)cc2)cc1. The molecule has 8 rings (SSSR count). The molecule has 174 valence electrons. The molecule has 2 aliphatic rings. The van der Waals surface area contributed by atoms with Gasteiger partial charge in [-0.1, -0.05) is 0 Å². The Bertz CT molecular complexity index is 1580. The van der Waals surface area contributed by atoms with Gasteiger partial charge >= 0.3 is 0 Å². The van der Waals surface area contributed by atoms with Crippen LogP contribution in [0.2, 0.25) is 0 Å². The highest BCUT2D eigenvalue weighted by Gasteiger charge is 2.37. The molecule has 0 aliphatic heterocycles. The molecule has 0 radical (unpaired) electrons. The molecule has 0 spiro atoms. The molecule has 38 heavy (non-hydrogen) atoms. The third kappa shape index (κ3) is 3.11. The first-order valence-electron chi connectivity index (χ1n) is 13.2. The maximum absolute atomic E-state index is 2.27. The number of fused-ring (bicyclic) bond motifs is 6. The summed E-state index contributed by atoms with van der Waals surface area (Å²) in [6, 6.07) is 53.1. The maximum Gasteiger partial charge on any atom is 0.0674 e. The molecular weight excluding hydrogens is 456 g/mol. The standard InChI is InChI=1S/C38H24/c1-5-13-33-29(9-1)30-10-2-6-14-34(30)37(33)27-21-17-25(18-22-27)26-19-23-28(24-20-26)38-35-15-7-3-11-31(35)32-12-4-8-16-36(32)38/h1-24H/q+2. The van der Waals surface area contributed by atoms with Crippen LogP contribution in [0, 0.1) is 11.8 Å². The number of rotatable bonds is 3. The van der Waals surface area contributed by atoms with Gasteiger partial charge in [0.1, 0.15) is 0 Å². The zero-order valence-corrected chi connectivity index (χ0v) is 20.9. The van der Waals surface area contributed by atoms with E-state index in [1.165, 1.54) is 78.6 Å². The second-order valence-corrected chi connectivity index (χ2v) is 10.1. The first-order valence-corrected chi connectivity index (χ1v) is 13.2. The van der Waals surface area contributed by atoms with Crippen LogP contribution in [0.4, 0.5) is 0 Å². The van der Waals surface area contributed by atoms with Gasteiger partial charge in [-0.3, -0.25) is 0 Å². The fourth-order valence-electron chi connectivity index (χ4n) is 6.31. The van der Waals surface area contributed by atoms with Crippen molar-refractivity contribution in [3.05, 3.63) is 191 Å². The van der Waals surface area contributed by atoms with Gasteiger partial charge in [0.2, 0.25) is 0 Å². The molecule has 6 aromatic rings. The van der Waals surface area contributed by atoms with Gasteiger partial charge in [0.25, 0.3) is 0 Å². The topological polar surface area (TPSA) is 0 Å². The van der Waals surface area contributed by atoms with Crippen molar-refractivity contribution in [2.45, 2.75) is 0 Å². The van der Waals surface area contributed by atoms with Crippen molar-refractivity contribution in [3.8, 4) is 33.4 Å². The van der Waals surface area contributed by atoms with Crippen LogP contribution in [-0.4, -0.2) is 0 Å². The van der Waals surface area contributed by atoms with E-state index in [0.29, 0.717) is 0 Å². The number of hydrogen-bond donors (Lipinski definition) is 0. The van der Waals surface area contributed by atoms with E-state index in [1.54, 1.807) is 0 Å². The normalized spacial score (nSPS) is 12.6. The second kappa shape index (κ2) is 8.30. The van der Waals surface area contributed by atoms with Crippen LogP contribution in [0.3, 0.4) is 0 Å². The zero-order valence-electron chi connectivity index (χ0n) is 20.9. The highest BCUT2D eigenvalue weighted by Crippen LogP contribution is 2.48. The largest absolute Gasteiger partial charge is 0.0674 e. The third-order valence-electron chi connectivity index (χ3n) is 8.05. The molecule has 0 unspecified atom stereocenters. The van der Waals surface area contributed by atoms with Crippen molar-refractivity contribution in [2.75, 3.05) is 0 Å². The molecule has 0 nitrogen and oxygen atoms in total. The Balaban J connectivity index is 1.13. The van der Waals surface area contributed by atoms with Crippen LogP contribution in [0.1, 0.15) is 33.4 Å². The van der Waals surface area contributed by atoms with Gasteiger partial charge in [-0.25, -0.2) is 0 Å². The summed E-state index contributed by atoms with van der Waals surface area (Å²) in [6.07, 6.45) is 0. The Kier molecular flexibility index (Phi) is 4.62. The van der Waals surface area contributed by atoms with Gasteiger partial charge < -0.3 is 0 Å². The lowest BCUT2D eigenvalue weighted by Crippen LogP contribution is -2.00. The highest BCUT2D eigenvalue weighted by molar-refractivity contribution is 5.88. The van der Waals surface area contributed by atoms with Crippen molar-refractivity contribution >= 4 is 0 Å². The molecule has 0 N–H and O–H groups in total. The minimum atomic E-state index is 1.23. The van der Waals surface area contributed by atoms with Crippen LogP contribution < -0.4 is 0 Å². The van der Waals surface area contributed by atoms with Crippen LogP contribution in [-0.2, 0) is 0 Å². The van der Waals surface area contributed by atoms with Gasteiger partial charge in [0, 0.05) is 0 Å². The van der Waals surface area contributed by atoms with Crippen molar-refractivity contribution in [1.82, 2.24) is 0 Å². The zero-order chi connectivity index (χ0) is 25.1. The lowest BCUT2D eigenvalue weighted by atomic mass is 9.87. The minimum Gasteiger partial charge on any atom is -0.0500 e. The van der Waals surface area contributed by atoms with E-state index in [1.807, 2.05) is 0 Å². The summed E-state index contributed by atoms with van der Waals surface area (Å²) in [4.78, 5) is 0. The molecule has 0 saturated carbocycles. The van der Waals surface area contributed by atoms with Gasteiger partial charge in [0.15, 0.2) is 0 Å². The Morgan fingerprint density at radius 2 is 0.526 bits per heavy atom. The summed E-state index contributed by atoms with van der Waals surface area (Å²) < 4.78 is 0. The highest BCUT2D eigenvalue weighted by atomic mass is 14.3. The molecule has 0 aromatic heterocycles. The van der Waals surface area contributed by atoms with Crippen molar-refractivity contribution in [1.29, 1.82) is 0 Å². The summed E-state index contributed by atoms with van der Waals surface area (Å²) in [5.74, 6) is 2.65. The molecule has 0 fully saturated rings. The van der Waals surface area contributed by atoms with Crippen LogP contribution in [0.15, 0.2) is 146 Å². The second-order valence-electron chi connectivity index (χ2n) is 10.1. The van der Waals surface area contributed by atoms with Crippen molar-refractivity contribution in [2.24, 2.45) is 0 Å². The quantitative estimate of drug-likeness (QED) is 0.221. The molecule has 0 heteroatoms. The molecule has 0 atom stereocenters. The average molecular weight is 481 g/mol. The van der Waals surface area contributed by atoms with Crippen LogP contribution in [0.25, 0.3) is 33.4 Å². The summed E-state index contributed by atoms with van der Waals surface area (Å²) in [6.45, 7) is 0. The maximum atomic E-state index is 2.27. The van der Waals surface area contributed by atoms with Crippen molar-refractivity contribution in [3.63, 3.8) is 0 Å². The predicted molar refractivity (Wildman–Crippen MR) is 157 cm³/mol. The Morgan fingerprint density at radius 3 is 0.816 bits per heavy atom. The van der Waals surface area contributed by atoms with E-state index in [2.05, 4.69) is 146 Å². The third-order valence-corrected chi connectivity index (χ3v) is 8.05. The van der Waals surface area contributed by atoms with Gasteiger partial charge in [-0.2, -0.15) is 0 Å². The first-order chi connectivity index (χ1) is 18.9. The molecule has 6 aromatic carbocycles. The van der Waals surface area contributed by atoms with Gasteiger partial charge in [-0.05, 0) is 157 Å². The van der Waals surface area contributed by atoms with E-state index in [4.69, 9.17) is 0 Å².